The summed E-state index contributed by atoms with van der Waals surface area (Å²) in [5.41, 5.74) is 1.17. The summed E-state index contributed by atoms with van der Waals surface area (Å²) in [7, 11) is 1.50. The number of rotatable bonds is 3. The Kier molecular flexibility index (Phi) is 5.90. The summed E-state index contributed by atoms with van der Waals surface area (Å²) in [5, 5.41) is 5.58. The third-order valence-corrected chi connectivity index (χ3v) is 4.25. The van der Waals surface area contributed by atoms with Crippen molar-refractivity contribution < 1.29 is 19.1 Å². The number of likely N-dealkylation sites (N-methyl/N-ethyl adjacent to an activating group) is 1. The average Bonchev–Trinajstić information content (AvgIpc) is 2.71. The molecule has 2 N–H and O–H groups in total. The predicted octanol–water partition coefficient (Wildman–Crippen LogP) is 2.31. The van der Waals surface area contributed by atoms with Crippen molar-refractivity contribution in [3.05, 3.63) is 29.8 Å². The Balaban J connectivity index is 1.98. The molecule has 2 rings (SSSR count). The Bertz CT molecular complexity index is 696. The smallest absolute Gasteiger partial charge is 0.410 e. The highest BCUT2D eigenvalue weighted by atomic mass is 16.6. The number of carbonyl (C=O) groups is 3. The average molecular weight is 361 g/mol. The summed E-state index contributed by atoms with van der Waals surface area (Å²) >= 11 is 0. The van der Waals surface area contributed by atoms with Crippen LogP contribution in [-0.4, -0.2) is 47.5 Å². The third kappa shape index (κ3) is 4.97. The van der Waals surface area contributed by atoms with Gasteiger partial charge in [-0.3, -0.25) is 14.5 Å². The first-order chi connectivity index (χ1) is 12.1. The molecule has 7 heteroatoms. The van der Waals surface area contributed by atoms with Crippen molar-refractivity contribution in [3.63, 3.8) is 0 Å². The van der Waals surface area contributed by atoms with E-state index in [1.165, 1.54) is 11.9 Å². The highest BCUT2D eigenvalue weighted by Crippen LogP contribution is 2.21. The zero-order valence-corrected chi connectivity index (χ0v) is 16.0. The fourth-order valence-electron chi connectivity index (χ4n) is 2.61. The molecule has 0 aromatic heterocycles. The molecule has 26 heavy (non-hydrogen) atoms. The lowest BCUT2D eigenvalue weighted by Crippen LogP contribution is -2.52. The fraction of sp³-hybridized carbons (Fsp3) is 0.526. The molecule has 2 atom stereocenters. The Morgan fingerprint density at radius 1 is 1.31 bits per heavy atom. The summed E-state index contributed by atoms with van der Waals surface area (Å²) in [6, 6.07) is 6.17. The van der Waals surface area contributed by atoms with Gasteiger partial charge in [0.05, 0.1) is 0 Å². The van der Waals surface area contributed by atoms with Gasteiger partial charge in [-0.1, -0.05) is 18.2 Å². The molecule has 1 aliphatic heterocycles. The van der Waals surface area contributed by atoms with Crippen LogP contribution in [0.15, 0.2) is 24.3 Å². The second-order valence-corrected chi connectivity index (χ2v) is 7.51. The van der Waals surface area contributed by atoms with Crippen LogP contribution in [0.1, 0.15) is 39.7 Å². The van der Waals surface area contributed by atoms with Crippen LogP contribution in [0.5, 0.6) is 0 Å². The molecule has 0 bridgehead atoms. The van der Waals surface area contributed by atoms with Gasteiger partial charge in [0.1, 0.15) is 17.7 Å². The second kappa shape index (κ2) is 7.76. The maximum atomic E-state index is 12.5. The number of hydrogen-bond acceptors (Lipinski definition) is 4. The SMILES string of the molecule is C[C@@H](C(=O)N[C@H]1CCc2ccccc2NC1=O)N(C)C(=O)OC(C)(C)C. The van der Waals surface area contributed by atoms with Crippen molar-refractivity contribution >= 4 is 23.6 Å². The Labute approximate surface area is 154 Å². The highest BCUT2D eigenvalue weighted by Gasteiger charge is 2.30. The van der Waals surface area contributed by atoms with E-state index < -0.39 is 29.7 Å². The van der Waals surface area contributed by atoms with Crippen LogP contribution in [0.2, 0.25) is 0 Å². The number of para-hydroxylation sites is 1. The predicted molar refractivity (Wildman–Crippen MR) is 98.8 cm³/mol. The molecule has 0 unspecified atom stereocenters. The van der Waals surface area contributed by atoms with Gasteiger partial charge in [-0.2, -0.15) is 0 Å². The summed E-state index contributed by atoms with van der Waals surface area (Å²) < 4.78 is 5.27. The molecule has 0 aliphatic carbocycles. The van der Waals surface area contributed by atoms with E-state index in [0.29, 0.717) is 12.8 Å². The standard InChI is InChI=1S/C19H27N3O4/c1-12(22(5)18(25)26-19(2,3)4)16(23)21-15-11-10-13-8-6-7-9-14(13)20-17(15)24/h6-9,12,15H,10-11H2,1-5H3,(H,20,24)(H,21,23)/t12-,15-/m0/s1. The van der Waals surface area contributed by atoms with E-state index in [-0.39, 0.29) is 5.91 Å². The molecule has 1 aromatic carbocycles. The van der Waals surface area contributed by atoms with Crippen LogP contribution in [0.25, 0.3) is 0 Å². The monoisotopic (exact) mass is 361 g/mol. The van der Waals surface area contributed by atoms with Gasteiger partial charge >= 0.3 is 6.09 Å². The maximum Gasteiger partial charge on any atom is 0.410 e. The topological polar surface area (TPSA) is 87.7 Å². The lowest BCUT2D eigenvalue weighted by molar-refractivity contribution is -0.129. The van der Waals surface area contributed by atoms with Crippen LogP contribution in [0.4, 0.5) is 10.5 Å². The van der Waals surface area contributed by atoms with E-state index in [9.17, 15) is 14.4 Å². The number of nitrogens with zero attached hydrogens (tertiary/aromatic N) is 1. The van der Waals surface area contributed by atoms with Crippen LogP contribution in [0, 0.1) is 0 Å². The van der Waals surface area contributed by atoms with Crippen LogP contribution >= 0.6 is 0 Å². The number of ether oxygens (including phenoxy) is 1. The fourth-order valence-corrected chi connectivity index (χ4v) is 2.61. The minimum atomic E-state index is -0.761. The lowest BCUT2D eigenvalue weighted by atomic mass is 10.1. The van der Waals surface area contributed by atoms with Crippen molar-refractivity contribution in [2.24, 2.45) is 0 Å². The summed E-state index contributed by atoms with van der Waals surface area (Å²) in [6.45, 7) is 6.88. The van der Waals surface area contributed by atoms with E-state index in [2.05, 4.69) is 10.6 Å². The van der Waals surface area contributed by atoms with E-state index in [1.807, 2.05) is 24.3 Å². The van der Waals surface area contributed by atoms with Gasteiger partial charge in [0.25, 0.3) is 0 Å². The van der Waals surface area contributed by atoms with E-state index in [0.717, 1.165) is 11.3 Å². The summed E-state index contributed by atoms with van der Waals surface area (Å²) in [6.07, 6.45) is 0.589. The minimum absolute atomic E-state index is 0.254. The van der Waals surface area contributed by atoms with E-state index in [4.69, 9.17) is 4.74 Å². The molecule has 0 radical (unpaired) electrons. The number of carbonyl (C=O) groups excluding carboxylic acids is 3. The number of benzene rings is 1. The molecule has 1 aliphatic rings. The molecule has 1 aromatic rings. The molecule has 0 fully saturated rings. The molecule has 0 spiro atoms. The Hall–Kier alpha value is -2.57. The maximum absolute atomic E-state index is 12.5. The number of aryl methyl sites for hydroxylation is 1. The number of fused-ring (bicyclic) bond motifs is 1. The van der Waals surface area contributed by atoms with Crippen molar-refractivity contribution in [1.29, 1.82) is 0 Å². The molecule has 0 saturated heterocycles. The van der Waals surface area contributed by atoms with E-state index in [1.54, 1.807) is 27.7 Å². The normalized spacial score (nSPS) is 18.0. The van der Waals surface area contributed by atoms with Gasteiger partial charge in [0, 0.05) is 12.7 Å². The Morgan fingerprint density at radius 2 is 1.96 bits per heavy atom. The van der Waals surface area contributed by atoms with Gasteiger partial charge in [-0.05, 0) is 52.2 Å². The minimum Gasteiger partial charge on any atom is -0.444 e. The lowest BCUT2D eigenvalue weighted by Gasteiger charge is -2.29. The number of hydrogen-bond donors (Lipinski definition) is 2. The van der Waals surface area contributed by atoms with Crippen LogP contribution in [0.3, 0.4) is 0 Å². The third-order valence-electron chi connectivity index (χ3n) is 4.25. The van der Waals surface area contributed by atoms with Crippen molar-refractivity contribution in [3.8, 4) is 0 Å². The van der Waals surface area contributed by atoms with Crippen molar-refractivity contribution in [1.82, 2.24) is 10.2 Å². The zero-order valence-electron chi connectivity index (χ0n) is 16.0. The molecular formula is C19H27N3O4. The number of nitrogens with one attached hydrogen (secondary N) is 2. The summed E-state index contributed by atoms with van der Waals surface area (Å²) in [4.78, 5) is 38.2. The molecule has 3 amide bonds. The first-order valence-electron chi connectivity index (χ1n) is 8.73. The molecule has 1 heterocycles. The zero-order chi connectivity index (χ0) is 19.5. The highest BCUT2D eigenvalue weighted by molar-refractivity contribution is 5.99. The Morgan fingerprint density at radius 3 is 2.62 bits per heavy atom. The quantitative estimate of drug-likeness (QED) is 0.865. The first kappa shape index (κ1) is 19.8. The van der Waals surface area contributed by atoms with Crippen molar-refractivity contribution in [2.45, 2.75) is 58.2 Å². The van der Waals surface area contributed by atoms with Gasteiger partial charge in [0.2, 0.25) is 11.8 Å². The molecule has 0 saturated carbocycles. The second-order valence-electron chi connectivity index (χ2n) is 7.51. The number of anilines is 1. The van der Waals surface area contributed by atoms with Gasteiger partial charge in [-0.15, -0.1) is 0 Å². The van der Waals surface area contributed by atoms with Gasteiger partial charge in [-0.25, -0.2) is 4.79 Å². The molecule has 7 nitrogen and oxygen atoms in total. The van der Waals surface area contributed by atoms with Gasteiger partial charge < -0.3 is 15.4 Å². The summed E-state index contributed by atoms with van der Waals surface area (Å²) in [5.74, 6) is -0.653. The first-order valence-corrected chi connectivity index (χ1v) is 8.73. The van der Waals surface area contributed by atoms with Crippen LogP contribution < -0.4 is 10.6 Å². The van der Waals surface area contributed by atoms with E-state index >= 15 is 0 Å². The number of amides is 3. The van der Waals surface area contributed by atoms with Gasteiger partial charge in [0.15, 0.2) is 0 Å². The molecule has 142 valence electrons. The van der Waals surface area contributed by atoms with Crippen LogP contribution in [-0.2, 0) is 20.7 Å². The molecular weight excluding hydrogens is 334 g/mol. The van der Waals surface area contributed by atoms with Crippen molar-refractivity contribution in [2.75, 3.05) is 12.4 Å². The largest absolute Gasteiger partial charge is 0.444 e.